The maximum atomic E-state index is 11.7. The molecule has 0 unspecified atom stereocenters. The molecule has 13 heavy (non-hydrogen) atoms. The summed E-state index contributed by atoms with van der Waals surface area (Å²) in [6, 6.07) is 0. The van der Waals surface area contributed by atoms with Crippen LogP contribution in [-0.2, 0) is 14.3 Å². The van der Waals surface area contributed by atoms with Crippen molar-refractivity contribution in [3.63, 3.8) is 0 Å². The van der Waals surface area contributed by atoms with E-state index in [2.05, 4.69) is 0 Å². The Balaban J connectivity index is 4.43. The molecule has 0 aromatic carbocycles. The fourth-order valence-corrected chi connectivity index (χ4v) is 1.47. The van der Waals surface area contributed by atoms with Gasteiger partial charge in [0.2, 0.25) is 0 Å². The van der Waals surface area contributed by atoms with Crippen molar-refractivity contribution < 1.29 is 14.3 Å². The maximum Gasteiger partial charge on any atom is 0.190 e. The molecule has 0 atom stereocenters. The number of hydrogen-bond acceptors (Lipinski definition) is 3. The van der Waals surface area contributed by atoms with Gasteiger partial charge in [-0.15, -0.1) is 0 Å². The van der Waals surface area contributed by atoms with Gasteiger partial charge in [-0.05, 0) is 19.8 Å². The minimum atomic E-state index is -0.620. The van der Waals surface area contributed by atoms with Crippen LogP contribution in [0.5, 0.6) is 0 Å². The highest BCUT2D eigenvalue weighted by molar-refractivity contribution is 5.88. The van der Waals surface area contributed by atoms with Gasteiger partial charge in [0.1, 0.15) is 12.2 Å². The first-order valence-corrected chi connectivity index (χ1v) is 4.83. The van der Waals surface area contributed by atoms with Crippen molar-refractivity contribution in [3.8, 4) is 0 Å². The Bertz CT molecular complexity index is 150. The number of methoxy groups -OCH3 is 1. The quantitative estimate of drug-likeness (QED) is 0.611. The van der Waals surface area contributed by atoms with Crippen LogP contribution >= 0.6 is 0 Å². The normalized spacial score (nSPS) is 11.7. The molecule has 78 valence electrons. The van der Waals surface area contributed by atoms with Crippen LogP contribution in [0.4, 0.5) is 0 Å². The van der Waals surface area contributed by atoms with E-state index in [1.807, 2.05) is 20.8 Å². The fraction of sp³-hybridized carbons (Fsp3) is 0.900. The highest BCUT2D eigenvalue weighted by atomic mass is 16.5. The van der Waals surface area contributed by atoms with Crippen molar-refractivity contribution in [2.24, 2.45) is 0 Å². The summed E-state index contributed by atoms with van der Waals surface area (Å²) >= 11 is 0. The van der Waals surface area contributed by atoms with E-state index >= 15 is 0 Å². The topological polar surface area (TPSA) is 35.5 Å². The molecule has 3 nitrogen and oxygen atoms in total. The van der Waals surface area contributed by atoms with Crippen molar-refractivity contribution >= 4 is 5.78 Å². The molecule has 3 heteroatoms. The number of carbonyl (C=O) groups is 1. The molecule has 0 radical (unpaired) electrons. The smallest absolute Gasteiger partial charge is 0.190 e. The van der Waals surface area contributed by atoms with Crippen LogP contribution < -0.4 is 0 Å². The van der Waals surface area contributed by atoms with Gasteiger partial charge in [0.15, 0.2) is 5.78 Å². The average molecular weight is 188 g/mol. The molecular weight excluding hydrogens is 168 g/mol. The Morgan fingerprint density at radius 3 is 2.08 bits per heavy atom. The lowest BCUT2D eigenvalue weighted by Crippen LogP contribution is -2.42. The van der Waals surface area contributed by atoms with E-state index in [4.69, 9.17) is 9.47 Å². The predicted octanol–water partition coefficient (Wildman–Crippen LogP) is 1.80. The summed E-state index contributed by atoms with van der Waals surface area (Å²) in [5.41, 5.74) is -0.620. The van der Waals surface area contributed by atoms with Gasteiger partial charge in [-0.1, -0.05) is 13.8 Å². The molecule has 0 saturated carbocycles. The number of hydrogen-bond donors (Lipinski definition) is 0. The van der Waals surface area contributed by atoms with Crippen LogP contribution in [0.3, 0.4) is 0 Å². The van der Waals surface area contributed by atoms with Crippen LogP contribution in [0.15, 0.2) is 0 Å². The molecule has 0 N–H and O–H groups in total. The summed E-state index contributed by atoms with van der Waals surface area (Å²) in [6.45, 7) is 6.54. The van der Waals surface area contributed by atoms with Gasteiger partial charge in [-0.2, -0.15) is 0 Å². The molecule has 0 aliphatic carbocycles. The van der Waals surface area contributed by atoms with Crippen LogP contribution in [-0.4, -0.2) is 31.7 Å². The second-order valence-electron chi connectivity index (χ2n) is 2.99. The van der Waals surface area contributed by atoms with Crippen molar-refractivity contribution in [3.05, 3.63) is 0 Å². The average Bonchev–Trinajstić information content (AvgIpc) is 2.14. The van der Waals surface area contributed by atoms with Gasteiger partial charge in [0.25, 0.3) is 0 Å². The predicted molar refractivity (Wildman–Crippen MR) is 51.8 cm³/mol. The Hall–Kier alpha value is -0.410. The summed E-state index contributed by atoms with van der Waals surface area (Å²) < 4.78 is 10.3. The van der Waals surface area contributed by atoms with Crippen molar-refractivity contribution in [1.29, 1.82) is 0 Å². The van der Waals surface area contributed by atoms with Crippen LogP contribution in [0, 0.1) is 0 Å². The fourth-order valence-electron chi connectivity index (χ4n) is 1.47. The highest BCUT2D eigenvalue weighted by Gasteiger charge is 2.34. The monoisotopic (exact) mass is 188 g/mol. The minimum Gasteiger partial charge on any atom is -0.377 e. The maximum absolute atomic E-state index is 11.7. The molecule has 0 aliphatic rings. The van der Waals surface area contributed by atoms with Crippen molar-refractivity contribution in [2.75, 3.05) is 20.3 Å². The van der Waals surface area contributed by atoms with E-state index in [1.54, 1.807) is 0 Å². The van der Waals surface area contributed by atoms with Crippen LogP contribution in [0.1, 0.15) is 33.6 Å². The third-order valence-electron chi connectivity index (χ3n) is 2.35. The van der Waals surface area contributed by atoms with E-state index < -0.39 is 5.60 Å². The molecule has 0 fully saturated rings. The standard InChI is InChI=1S/C10H20O3/c1-5-10(6-2,13-7-3)9(11)8-12-4/h5-8H2,1-4H3. The molecule has 0 aromatic heterocycles. The van der Waals surface area contributed by atoms with Gasteiger partial charge >= 0.3 is 0 Å². The lowest BCUT2D eigenvalue weighted by atomic mass is 9.92. The van der Waals surface area contributed by atoms with Crippen molar-refractivity contribution in [2.45, 2.75) is 39.2 Å². The van der Waals surface area contributed by atoms with Crippen LogP contribution in [0.2, 0.25) is 0 Å². The Morgan fingerprint density at radius 1 is 1.23 bits per heavy atom. The molecule has 0 amide bonds. The van der Waals surface area contributed by atoms with Crippen LogP contribution in [0.25, 0.3) is 0 Å². The number of ketones is 1. The molecule has 0 heterocycles. The Labute approximate surface area is 80.4 Å². The SMILES string of the molecule is CCOC(CC)(CC)C(=O)COC. The summed E-state index contributed by atoms with van der Waals surface area (Å²) in [7, 11) is 1.53. The number of ether oxygens (including phenoxy) is 2. The number of rotatable bonds is 7. The zero-order valence-electron chi connectivity index (χ0n) is 9.05. The lowest BCUT2D eigenvalue weighted by Gasteiger charge is -2.29. The first-order valence-electron chi connectivity index (χ1n) is 4.83. The minimum absolute atomic E-state index is 0.0434. The van der Waals surface area contributed by atoms with Crippen molar-refractivity contribution in [1.82, 2.24) is 0 Å². The second-order valence-corrected chi connectivity index (χ2v) is 2.99. The van der Waals surface area contributed by atoms with E-state index in [0.29, 0.717) is 19.4 Å². The third kappa shape index (κ3) is 3.08. The van der Waals surface area contributed by atoms with E-state index in [-0.39, 0.29) is 12.4 Å². The summed E-state index contributed by atoms with van der Waals surface area (Å²) in [5, 5.41) is 0. The molecular formula is C10H20O3. The molecule has 0 spiro atoms. The molecule has 0 aromatic rings. The lowest BCUT2D eigenvalue weighted by molar-refractivity contribution is -0.149. The largest absolute Gasteiger partial charge is 0.377 e. The summed E-state index contributed by atoms with van der Waals surface area (Å²) in [6.07, 6.45) is 1.42. The van der Waals surface area contributed by atoms with Gasteiger partial charge < -0.3 is 9.47 Å². The van der Waals surface area contributed by atoms with Gasteiger partial charge in [0.05, 0.1) is 0 Å². The zero-order valence-corrected chi connectivity index (χ0v) is 9.05. The Kier molecular flexibility index (Phi) is 5.91. The molecule has 0 aliphatic heterocycles. The van der Waals surface area contributed by atoms with E-state index in [0.717, 1.165) is 0 Å². The van der Waals surface area contributed by atoms with Gasteiger partial charge in [-0.25, -0.2) is 0 Å². The van der Waals surface area contributed by atoms with E-state index in [1.165, 1.54) is 7.11 Å². The number of Topliss-reactive ketones (excluding diaryl/α,β-unsaturated/α-hetero) is 1. The second kappa shape index (κ2) is 6.11. The first-order chi connectivity index (χ1) is 6.16. The van der Waals surface area contributed by atoms with E-state index in [9.17, 15) is 4.79 Å². The number of carbonyl (C=O) groups excluding carboxylic acids is 1. The molecule has 0 bridgehead atoms. The zero-order chi connectivity index (χ0) is 10.3. The highest BCUT2D eigenvalue weighted by Crippen LogP contribution is 2.21. The Morgan fingerprint density at radius 2 is 1.77 bits per heavy atom. The van der Waals surface area contributed by atoms with Gasteiger partial charge in [0, 0.05) is 13.7 Å². The van der Waals surface area contributed by atoms with Gasteiger partial charge in [-0.3, -0.25) is 4.79 Å². The molecule has 0 saturated heterocycles. The molecule has 0 rings (SSSR count). The first kappa shape index (κ1) is 12.6. The summed E-state index contributed by atoms with van der Waals surface area (Å²) in [5.74, 6) is 0.0434. The third-order valence-corrected chi connectivity index (χ3v) is 2.35. The summed E-state index contributed by atoms with van der Waals surface area (Å²) in [4.78, 5) is 11.7.